The van der Waals surface area contributed by atoms with Crippen molar-refractivity contribution in [3.63, 3.8) is 0 Å². The Bertz CT molecular complexity index is 233. The topological polar surface area (TPSA) is 24.1 Å². The summed E-state index contributed by atoms with van der Waals surface area (Å²) in [5, 5.41) is 6.32. The van der Waals surface area contributed by atoms with E-state index >= 15 is 0 Å². The molecule has 0 spiro atoms. The highest BCUT2D eigenvalue weighted by atomic mass is 79.9. The largest absolute Gasteiger partial charge is 0.308 e. The average Bonchev–Trinajstić information content (AvgIpc) is 2.15. The third-order valence-electron chi connectivity index (χ3n) is 1.81. The molecule has 0 aliphatic carbocycles. The number of hydrogen-bond donors (Lipinski definition) is 2. The molecule has 0 aromatic heterocycles. The standard InChI is InChI=1S/C10H15BrN2/c1-12-8-13-7-6-9-2-4-10(11)5-3-9/h2-5,12-13H,6-8H2,1H3. The summed E-state index contributed by atoms with van der Waals surface area (Å²) < 4.78 is 1.14. The van der Waals surface area contributed by atoms with Crippen molar-refractivity contribution in [3.05, 3.63) is 34.3 Å². The van der Waals surface area contributed by atoms with Crippen LogP contribution in [0, 0.1) is 0 Å². The van der Waals surface area contributed by atoms with E-state index in [0.29, 0.717) is 0 Å². The number of halogens is 1. The van der Waals surface area contributed by atoms with Gasteiger partial charge in [0.2, 0.25) is 0 Å². The zero-order chi connectivity index (χ0) is 9.52. The van der Waals surface area contributed by atoms with Gasteiger partial charge in [-0.1, -0.05) is 28.1 Å². The molecule has 0 heterocycles. The molecule has 0 amide bonds. The predicted octanol–water partition coefficient (Wildman–Crippen LogP) is 1.76. The summed E-state index contributed by atoms with van der Waals surface area (Å²) in [6.07, 6.45) is 1.08. The number of nitrogens with one attached hydrogen (secondary N) is 2. The van der Waals surface area contributed by atoms with Gasteiger partial charge in [0.25, 0.3) is 0 Å². The van der Waals surface area contributed by atoms with Crippen molar-refractivity contribution in [1.82, 2.24) is 10.6 Å². The number of benzene rings is 1. The van der Waals surface area contributed by atoms with Gasteiger partial charge in [-0.15, -0.1) is 0 Å². The fraction of sp³-hybridized carbons (Fsp3) is 0.400. The molecule has 72 valence electrons. The Hall–Kier alpha value is -0.380. The highest BCUT2D eigenvalue weighted by Crippen LogP contribution is 2.10. The van der Waals surface area contributed by atoms with E-state index in [-0.39, 0.29) is 0 Å². The lowest BCUT2D eigenvalue weighted by molar-refractivity contribution is 0.631. The lowest BCUT2D eigenvalue weighted by Crippen LogP contribution is -2.27. The van der Waals surface area contributed by atoms with Crippen LogP contribution in [0.1, 0.15) is 5.56 Å². The molecular weight excluding hydrogens is 228 g/mol. The van der Waals surface area contributed by atoms with Gasteiger partial charge in [0.1, 0.15) is 0 Å². The second kappa shape index (κ2) is 6.13. The van der Waals surface area contributed by atoms with Crippen LogP contribution < -0.4 is 10.6 Å². The molecule has 0 radical (unpaired) electrons. The Morgan fingerprint density at radius 2 is 1.92 bits per heavy atom. The fourth-order valence-corrected chi connectivity index (χ4v) is 1.36. The monoisotopic (exact) mass is 242 g/mol. The van der Waals surface area contributed by atoms with Gasteiger partial charge < -0.3 is 10.6 Å². The molecule has 0 saturated carbocycles. The van der Waals surface area contributed by atoms with Gasteiger partial charge in [0.05, 0.1) is 0 Å². The summed E-state index contributed by atoms with van der Waals surface area (Å²) in [6.45, 7) is 1.89. The second-order valence-electron chi connectivity index (χ2n) is 2.91. The second-order valence-corrected chi connectivity index (χ2v) is 3.82. The smallest absolute Gasteiger partial charge is 0.0451 e. The van der Waals surface area contributed by atoms with E-state index in [1.807, 2.05) is 7.05 Å². The number of rotatable bonds is 5. The van der Waals surface area contributed by atoms with E-state index in [4.69, 9.17) is 0 Å². The molecule has 0 saturated heterocycles. The van der Waals surface area contributed by atoms with E-state index in [1.165, 1.54) is 5.56 Å². The Balaban J connectivity index is 2.25. The molecule has 0 bridgehead atoms. The molecule has 0 aliphatic rings. The maximum atomic E-state index is 3.41. The van der Waals surface area contributed by atoms with Gasteiger partial charge in [0, 0.05) is 17.7 Å². The molecular formula is C10H15BrN2. The van der Waals surface area contributed by atoms with Crippen molar-refractivity contribution in [2.45, 2.75) is 6.42 Å². The van der Waals surface area contributed by atoms with E-state index in [1.54, 1.807) is 0 Å². The zero-order valence-corrected chi connectivity index (χ0v) is 9.39. The van der Waals surface area contributed by atoms with Gasteiger partial charge >= 0.3 is 0 Å². The first kappa shape index (κ1) is 10.7. The molecule has 0 atom stereocenters. The van der Waals surface area contributed by atoms with Crippen LogP contribution in [0.5, 0.6) is 0 Å². The van der Waals surface area contributed by atoms with Crippen molar-refractivity contribution in [2.24, 2.45) is 0 Å². The van der Waals surface area contributed by atoms with Crippen LogP contribution in [0.15, 0.2) is 28.7 Å². The lowest BCUT2D eigenvalue weighted by Gasteiger charge is -2.03. The molecule has 0 unspecified atom stereocenters. The minimum absolute atomic E-state index is 0.872. The molecule has 3 heteroatoms. The van der Waals surface area contributed by atoms with Crippen molar-refractivity contribution in [3.8, 4) is 0 Å². The Labute approximate surface area is 87.9 Å². The van der Waals surface area contributed by atoms with Crippen LogP contribution in [-0.2, 0) is 6.42 Å². The van der Waals surface area contributed by atoms with Crippen molar-refractivity contribution < 1.29 is 0 Å². The van der Waals surface area contributed by atoms with Gasteiger partial charge in [-0.2, -0.15) is 0 Å². The molecule has 1 aromatic rings. The molecule has 2 N–H and O–H groups in total. The van der Waals surface area contributed by atoms with Crippen LogP contribution in [0.3, 0.4) is 0 Å². The first-order chi connectivity index (χ1) is 6.33. The normalized spacial score (nSPS) is 10.3. The Morgan fingerprint density at radius 1 is 1.23 bits per heavy atom. The minimum atomic E-state index is 0.872. The maximum Gasteiger partial charge on any atom is 0.0451 e. The maximum absolute atomic E-state index is 3.41. The molecule has 2 nitrogen and oxygen atoms in total. The van der Waals surface area contributed by atoms with Crippen molar-refractivity contribution in [2.75, 3.05) is 20.3 Å². The summed E-state index contributed by atoms with van der Waals surface area (Å²) in [6, 6.07) is 8.44. The van der Waals surface area contributed by atoms with Crippen LogP contribution in [-0.4, -0.2) is 20.3 Å². The van der Waals surface area contributed by atoms with Crippen LogP contribution >= 0.6 is 15.9 Å². The van der Waals surface area contributed by atoms with E-state index in [2.05, 4.69) is 50.8 Å². The van der Waals surface area contributed by atoms with E-state index < -0.39 is 0 Å². The van der Waals surface area contributed by atoms with Crippen molar-refractivity contribution in [1.29, 1.82) is 0 Å². The average molecular weight is 243 g/mol. The Morgan fingerprint density at radius 3 is 2.54 bits per heavy atom. The third kappa shape index (κ3) is 4.41. The predicted molar refractivity (Wildman–Crippen MR) is 59.8 cm³/mol. The third-order valence-corrected chi connectivity index (χ3v) is 2.33. The molecule has 1 aromatic carbocycles. The Kier molecular flexibility index (Phi) is 5.05. The first-order valence-corrected chi connectivity index (χ1v) is 5.22. The van der Waals surface area contributed by atoms with Gasteiger partial charge in [-0.3, -0.25) is 0 Å². The highest BCUT2D eigenvalue weighted by Gasteiger charge is 1.91. The molecule has 0 aliphatic heterocycles. The van der Waals surface area contributed by atoms with Crippen LogP contribution in [0.25, 0.3) is 0 Å². The number of hydrogen-bond acceptors (Lipinski definition) is 2. The first-order valence-electron chi connectivity index (χ1n) is 4.42. The van der Waals surface area contributed by atoms with Gasteiger partial charge in [-0.25, -0.2) is 0 Å². The van der Waals surface area contributed by atoms with Crippen LogP contribution in [0.4, 0.5) is 0 Å². The summed E-state index contributed by atoms with van der Waals surface area (Å²) in [7, 11) is 1.94. The minimum Gasteiger partial charge on any atom is -0.308 e. The van der Waals surface area contributed by atoms with E-state index in [0.717, 1.165) is 24.1 Å². The van der Waals surface area contributed by atoms with Gasteiger partial charge in [0.15, 0.2) is 0 Å². The molecule has 1 rings (SSSR count). The summed E-state index contributed by atoms with van der Waals surface area (Å²) in [5.74, 6) is 0. The summed E-state index contributed by atoms with van der Waals surface area (Å²) >= 11 is 3.41. The van der Waals surface area contributed by atoms with Crippen LogP contribution in [0.2, 0.25) is 0 Å². The molecule has 13 heavy (non-hydrogen) atoms. The van der Waals surface area contributed by atoms with Gasteiger partial charge in [-0.05, 0) is 31.2 Å². The summed E-state index contributed by atoms with van der Waals surface area (Å²) in [5.41, 5.74) is 1.37. The van der Waals surface area contributed by atoms with E-state index in [9.17, 15) is 0 Å². The molecule has 0 fully saturated rings. The summed E-state index contributed by atoms with van der Waals surface area (Å²) in [4.78, 5) is 0. The lowest BCUT2D eigenvalue weighted by atomic mass is 10.1. The zero-order valence-electron chi connectivity index (χ0n) is 7.81. The SMILES string of the molecule is CNCNCCc1ccc(Br)cc1. The van der Waals surface area contributed by atoms with Crippen molar-refractivity contribution >= 4 is 15.9 Å². The fourth-order valence-electron chi connectivity index (χ4n) is 1.10. The highest BCUT2D eigenvalue weighted by molar-refractivity contribution is 9.10. The quantitative estimate of drug-likeness (QED) is 0.608.